The van der Waals surface area contributed by atoms with Crippen LogP contribution in [-0.2, 0) is 10.0 Å². The first-order valence-electron chi connectivity index (χ1n) is 11.3. The lowest BCUT2D eigenvalue weighted by atomic mass is 9.84. The van der Waals surface area contributed by atoms with Gasteiger partial charge in [-0.3, -0.25) is 10.2 Å². The van der Waals surface area contributed by atoms with Crippen molar-refractivity contribution in [3.8, 4) is 17.1 Å². The number of H-pyrrole nitrogens is 1. The fourth-order valence-electron chi connectivity index (χ4n) is 4.93. The maximum atomic E-state index is 13.2. The summed E-state index contributed by atoms with van der Waals surface area (Å²) in [5.41, 5.74) is 2.22. The average Bonchev–Trinajstić information content (AvgIpc) is 3.40. The number of likely N-dealkylation sites (tertiary alicyclic amines) is 1. The molecule has 0 radical (unpaired) electrons. The minimum Gasteiger partial charge on any atom is -0.494 e. The summed E-state index contributed by atoms with van der Waals surface area (Å²) < 4.78 is 28.2. The van der Waals surface area contributed by atoms with E-state index in [1.165, 1.54) is 12.1 Å². The van der Waals surface area contributed by atoms with E-state index in [2.05, 4.69) is 21.7 Å². The Bertz CT molecular complexity index is 1390. The van der Waals surface area contributed by atoms with Crippen molar-refractivity contribution in [2.45, 2.75) is 30.2 Å². The van der Waals surface area contributed by atoms with Crippen LogP contribution in [0.25, 0.3) is 11.3 Å². The summed E-state index contributed by atoms with van der Waals surface area (Å²) in [7, 11) is -1.61. The molecule has 34 heavy (non-hydrogen) atoms. The van der Waals surface area contributed by atoms with Gasteiger partial charge >= 0.3 is 0 Å². The van der Waals surface area contributed by atoms with Gasteiger partial charge in [0.2, 0.25) is 10.0 Å². The zero-order valence-electron chi connectivity index (χ0n) is 18.8. The van der Waals surface area contributed by atoms with E-state index < -0.39 is 10.0 Å². The van der Waals surface area contributed by atoms with Gasteiger partial charge in [-0.25, -0.2) is 13.1 Å². The number of ketones is 1. The molecule has 9 heteroatoms. The fraction of sp³-hybridized carbons (Fsp3) is 0.280. The van der Waals surface area contributed by atoms with E-state index in [1.807, 2.05) is 0 Å². The molecule has 2 aromatic carbocycles. The van der Waals surface area contributed by atoms with Crippen LogP contribution in [0.1, 0.15) is 46.3 Å². The Labute approximate surface area is 198 Å². The Balaban J connectivity index is 1.39. The number of aromatic hydroxyl groups is 1. The van der Waals surface area contributed by atoms with Gasteiger partial charge in [-0.15, -0.1) is 0 Å². The monoisotopic (exact) mass is 478 g/mol. The first-order valence-corrected chi connectivity index (χ1v) is 12.7. The highest BCUT2D eigenvalue weighted by Crippen LogP contribution is 2.39. The van der Waals surface area contributed by atoms with Gasteiger partial charge in [0, 0.05) is 23.7 Å². The number of aromatic nitrogens is 1. The zero-order valence-corrected chi connectivity index (χ0v) is 19.6. The summed E-state index contributed by atoms with van der Waals surface area (Å²) in [6.07, 6.45) is 2.99. The van der Waals surface area contributed by atoms with Gasteiger partial charge in [0.05, 0.1) is 27.4 Å². The van der Waals surface area contributed by atoms with Crippen molar-refractivity contribution in [2.75, 3.05) is 20.1 Å². The molecule has 4 N–H and O–H groups in total. The summed E-state index contributed by atoms with van der Waals surface area (Å²) in [5, 5.41) is 19.0. The van der Waals surface area contributed by atoms with E-state index in [0.29, 0.717) is 35.0 Å². The van der Waals surface area contributed by atoms with Crippen molar-refractivity contribution in [1.82, 2.24) is 14.6 Å². The van der Waals surface area contributed by atoms with E-state index in [4.69, 9.17) is 5.41 Å². The topological polar surface area (TPSA) is 126 Å². The van der Waals surface area contributed by atoms with Crippen LogP contribution < -0.4 is 4.72 Å². The van der Waals surface area contributed by atoms with Crippen LogP contribution in [0.4, 0.5) is 0 Å². The summed E-state index contributed by atoms with van der Waals surface area (Å²) in [6, 6.07) is 13.4. The molecule has 1 aromatic heterocycles. The SMILES string of the molecule is CN1CCCC1CCNS(=O)(=O)c1ccc(-c2[nH]c(O)c3c2C(=O)c2ccccc2C3=N)cc1. The second-order valence-electron chi connectivity index (χ2n) is 8.84. The summed E-state index contributed by atoms with van der Waals surface area (Å²) in [6.45, 7) is 1.41. The molecular weight excluding hydrogens is 452 g/mol. The van der Waals surface area contributed by atoms with Crippen molar-refractivity contribution in [3.05, 3.63) is 70.8 Å². The van der Waals surface area contributed by atoms with E-state index in [0.717, 1.165) is 25.8 Å². The lowest BCUT2D eigenvalue weighted by Crippen LogP contribution is -2.31. The fourth-order valence-corrected chi connectivity index (χ4v) is 5.98. The molecule has 1 atom stereocenters. The van der Waals surface area contributed by atoms with Crippen molar-refractivity contribution in [3.63, 3.8) is 0 Å². The predicted molar refractivity (Wildman–Crippen MR) is 129 cm³/mol. The minimum absolute atomic E-state index is 0.0708. The molecular formula is C25H26N4O4S. The first kappa shape index (κ1) is 22.5. The molecule has 3 aromatic rings. The number of nitrogens with zero attached hydrogens (tertiary/aromatic N) is 1. The molecule has 0 amide bonds. The summed E-state index contributed by atoms with van der Waals surface area (Å²) >= 11 is 0. The molecule has 8 nitrogen and oxygen atoms in total. The highest BCUT2D eigenvalue weighted by molar-refractivity contribution is 7.89. The van der Waals surface area contributed by atoms with E-state index in [9.17, 15) is 18.3 Å². The smallest absolute Gasteiger partial charge is 0.240 e. The predicted octanol–water partition coefficient (Wildman–Crippen LogP) is 3.11. The Hall–Kier alpha value is -3.27. The molecule has 1 aliphatic heterocycles. The van der Waals surface area contributed by atoms with E-state index in [-0.39, 0.29) is 33.4 Å². The van der Waals surface area contributed by atoms with Gasteiger partial charge in [-0.1, -0.05) is 36.4 Å². The van der Waals surface area contributed by atoms with Crippen molar-refractivity contribution >= 4 is 21.5 Å². The second-order valence-corrected chi connectivity index (χ2v) is 10.6. The van der Waals surface area contributed by atoms with Gasteiger partial charge in [-0.05, 0) is 50.6 Å². The van der Waals surface area contributed by atoms with Crippen LogP contribution in [0.5, 0.6) is 5.88 Å². The lowest BCUT2D eigenvalue weighted by Gasteiger charge is -2.19. The molecule has 0 spiro atoms. The Kier molecular flexibility index (Phi) is 5.63. The number of rotatable bonds is 6. The highest BCUT2D eigenvalue weighted by Gasteiger charge is 2.34. The molecule has 0 saturated carbocycles. The van der Waals surface area contributed by atoms with Crippen LogP contribution >= 0.6 is 0 Å². The number of aromatic amines is 1. The standard InChI is InChI=1S/C25H26N4O4S/c1-29-14-4-5-16(29)12-13-27-34(32,33)17-10-8-15(9-11-17)23-21-20(25(31)28-23)22(26)18-6-2-3-7-19(18)24(21)30/h2-3,6-11,16,26-28,31H,4-5,12-14H2,1H3. The number of hydrogen-bond donors (Lipinski definition) is 4. The van der Waals surface area contributed by atoms with Gasteiger partial charge < -0.3 is 15.0 Å². The first-order chi connectivity index (χ1) is 16.3. The van der Waals surface area contributed by atoms with Gasteiger partial charge in [0.15, 0.2) is 11.7 Å². The van der Waals surface area contributed by atoms with Gasteiger partial charge in [0.1, 0.15) is 0 Å². The maximum Gasteiger partial charge on any atom is 0.240 e. The van der Waals surface area contributed by atoms with Crippen LogP contribution in [-0.4, -0.2) is 61.1 Å². The van der Waals surface area contributed by atoms with Crippen LogP contribution in [0.15, 0.2) is 53.4 Å². The highest BCUT2D eigenvalue weighted by atomic mass is 32.2. The molecule has 2 heterocycles. The lowest BCUT2D eigenvalue weighted by molar-refractivity contribution is 0.103. The summed E-state index contributed by atoms with van der Waals surface area (Å²) in [4.78, 5) is 18.4. The number of nitrogens with one attached hydrogen (secondary N) is 3. The van der Waals surface area contributed by atoms with E-state index in [1.54, 1.807) is 36.4 Å². The molecule has 1 aliphatic carbocycles. The quantitative estimate of drug-likeness (QED) is 0.339. The number of carbonyl (C=O) groups is 1. The normalized spacial score (nSPS) is 18.2. The van der Waals surface area contributed by atoms with Crippen LogP contribution in [0.2, 0.25) is 0 Å². The van der Waals surface area contributed by atoms with Gasteiger partial charge in [0.25, 0.3) is 0 Å². The molecule has 2 aliphatic rings. The van der Waals surface area contributed by atoms with Crippen molar-refractivity contribution in [1.29, 1.82) is 5.41 Å². The third kappa shape index (κ3) is 3.75. The maximum absolute atomic E-state index is 13.2. The van der Waals surface area contributed by atoms with E-state index >= 15 is 0 Å². The Morgan fingerprint density at radius 1 is 1.12 bits per heavy atom. The summed E-state index contributed by atoms with van der Waals surface area (Å²) in [5.74, 6) is -0.545. The van der Waals surface area contributed by atoms with Crippen LogP contribution in [0, 0.1) is 5.41 Å². The Morgan fingerprint density at radius 3 is 2.50 bits per heavy atom. The molecule has 1 saturated heterocycles. The third-order valence-corrected chi connectivity index (χ3v) is 8.27. The second kappa shape index (κ2) is 8.50. The molecule has 5 rings (SSSR count). The number of hydrogen-bond acceptors (Lipinski definition) is 6. The van der Waals surface area contributed by atoms with Gasteiger partial charge in [-0.2, -0.15) is 0 Å². The minimum atomic E-state index is -3.67. The number of fused-ring (bicyclic) bond motifs is 2. The third-order valence-electron chi connectivity index (χ3n) is 6.79. The van der Waals surface area contributed by atoms with Crippen molar-refractivity contribution in [2.24, 2.45) is 0 Å². The molecule has 0 bridgehead atoms. The number of benzene rings is 2. The molecule has 176 valence electrons. The molecule has 1 fully saturated rings. The van der Waals surface area contributed by atoms with Crippen molar-refractivity contribution < 1.29 is 18.3 Å². The molecule has 1 unspecified atom stereocenters. The largest absolute Gasteiger partial charge is 0.494 e. The van der Waals surface area contributed by atoms with Crippen LogP contribution in [0.3, 0.4) is 0 Å². The average molecular weight is 479 g/mol. The zero-order chi connectivity index (χ0) is 24.0. The number of carbonyl (C=O) groups excluding carboxylic acids is 1. The Morgan fingerprint density at radius 2 is 1.82 bits per heavy atom. The number of sulfonamides is 1.